The maximum Gasteiger partial charge on any atom is 0.289 e. The summed E-state index contributed by atoms with van der Waals surface area (Å²) in [6, 6.07) is 7.31. The third-order valence-electron chi connectivity index (χ3n) is 4.57. The second kappa shape index (κ2) is 6.44. The first kappa shape index (κ1) is 16.0. The summed E-state index contributed by atoms with van der Waals surface area (Å²) >= 11 is 1.05. The molecule has 2 saturated heterocycles. The normalized spacial score (nSPS) is 19.0. The summed E-state index contributed by atoms with van der Waals surface area (Å²) in [5, 5.41) is -0.171. The zero-order valence-corrected chi connectivity index (χ0v) is 14.2. The monoisotopic (exact) mass is 356 g/mol. The van der Waals surface area contributed by atoms with Crippen LogP contribution < -0.4 is 0 Å². The number of nitrogens with zero attached hydrogens (tertiary/aromatic N) is 4. The van der Waals surface area contributed by atoms with Gasteiger partial charge in [-0.25, -0.2) is 4.98 Å². The minimum Gasteiger partial charge on any atom is -0.337 e. The molecule has 2 fully saturated rings. The van der Waals surface area contributed by atoms with Gasteiger partial charge in [0.25, 0.3) is 11.1 Å². The van der Waals surface area contributed by atoms with Crippen LogP contribution in [0.25, 0.3) is 11.0 Å². The Balaban J connectivity index is 1.45. The second-order valence-electron chi connectivity index (χ2n) is 6.09. The highest BCUT2D eigenvalue weighted by Crippen LogP contribution is 2.27. The number of benzene rings is 1. The Hall–Kier alpha value is -2.48. The molecule has 0 unspecified atom stereocenters. The molecule has 4 rings (SSSR count). The van der Waals surface area contributed by atoms with Crippen molar-refractivity contribution < 1.29 is 14.4 Å². The van der Waals surface area contributed by atoms with Gasteiger partial charge < -0.3 is 4.90 Å². The number of piperidine rings is 1. The van der Waals surface area contributed by atoms with E-state index in [4.69, 9.17) is 0 Å². The Morgan fingerprint density at radius 1 is 1.12 bits per heavy atom. The van der Waals surface area contributed by atoms with Crippen LogP contribution in [0.15, 0.2) is 30.5 Å². The van der Waals surface area contributed by atoms with Gasteiger partial charge in [0.15, 0.2) is 0 Å². The van der Waals surface area contributed by atoms with Crippen molar-refractivity contribution in [3.63, 3.8) is 0 Å². The van der Waals surface area contributed by atoms with Crippen LogP contribution in [0.4, 0.5) is 4.79 Å². The lowest BCUT2D eigenvalue weighted by Gasteiger charge is -2.35. The molecule has 0 aliphatic carbocycles. The molecule has 2 aliphatic heterocycles. The van der Waals surface area contributed by atoms with Gasteiger partial charge >= 0.3 is 0 Å². The molecule has 2 aromatic rings. The Morgan fingerprint density at radius 3 is 2.52 bits per heavy atom. The molecule has 0 atom stereocenters. The van der Waals surface area contributed by atoms with E-state index in [0.29, 0.717) is 37.1 Å². The number of rotatable bonds is 2. The largest absolute Gasteiger partial charge is 0.337 e. The third kappa shape index (κ3) is 2.97. The molecule has 0 radical (unpaired) electrons. The molecular formula is C17H16N4O3S. The highest BCUT2D eigenvalue weighted by atomic mass is 32.2. The fourth-order valence-corrected chi connectivity index (χ4v) is 4.04. The lowest BCUT2D eigenvalue weighted by atomic mass is 10.0. The molecule has 2 aliphatic rings. The molecule has 0 bridgehead atoms. The summed E-state index contributed by atoms with van der Waals surface area (Å²) in [6.07, 6.45) is 2.70. The van der Waals surface area contributed by atoms with Crippen molar-refractivity contribution in [2.24, 2.45) is 0 Å². The van der Waals surface area contributed by atoms with E-state index in [1.54, 1.807) is 4.90 Å². The summed E-state index contributed by atoms with van der Waals surface area (Å²) in [4.78, 5) is 48.1. The van der Waals surface area contributed by atoms with E-state index in [2.05, 4.69) is 9.97 Å². The zero-order chi connectivity index (χ0) is 17.4. The van der Waals surface area contributed by atoms with Gasteiger partial charge in [0.2, 0.25) is 5.91 Å². The number of hydrogen-bond acceptors (Lipinski definition) is 6. The fourth-order valence-electron chi connectivity index (χ4n) is 3.27. The average molecular weight is 356 g/mol. The number of carbonyl (C=O) groups is 3. The summed E-state index contributed by atoms with van der Waals surface area (Å²) in [7, 11) is 0. The number of likely N-dealkylation sites (tertiary alicyclic amines) is 1. The zero-order valence-electron chi connectivity index (χ0n) is 13.4. The number of fused-ring (bicyclic) bond motifs is 1. The molecule has 7 nitrogen and oxygen atoms in total. The quantitative estimate of drug-likeness (QED) is 0.818. The molecule has 25 heavy (non-hydrogen) atoms. The van der Waals surface area contributed by atoms with Crippen LogP contribution in [0.3, 0.4) is 0 Å². The van der Waals surface area contributed by atoms with Gasteiger partial charge in [0.1, 0.15) is 5.69 Å². The lowest BCUT2D eigenvalue weighted by molar-refractivity contribution is -0.126. The molecule has 0 saturated carbocycles. The van der Waals surface area contributed by atoms with Gasteiger partial charge in [-0.3, -0.25) is 24.3 Å². The van der Waals surface area contributed by atoms with E-state index in [1.165, 1.54) is 11.1 Å². The van der Waals surface area contributed by atoms with Crippen LogP contribution in [-0.2, 0) is 4.79 Å². The lowest BCUT2D eigenvalue weighted by Crippen LogP contribution is -2.48. The summed E-state index contributed by atoms with van der Waals surface area (Å²) < 4.78 is 0. The minimum absolute atomic E-state index is 0.110. The van der Waals surface area contributed by atoms with Crippen molar-refractivity contribution in [2.75, 3.05) is 18.8 Å². The van der Waals surface area contributed by atoms with E-state index < -0.39 is 0 Å². The number of aromatic nitrogens is 2. The first-order valence-electron chi connectivity index (χ1n) is 8.13. The van der Waals surface area contributed by atoms with Gasteiger partial charge in [-0.1, -0.05) is 23.9 Å². The predicted molar refractivity (Wildman–Crippen MR) is 93.2 cm³/mol. The van der Waals surface area contributed by atoms with Crippen molar-refractivity contribution in [2.45, 2.75) is 18.9 Å². The van der Waals surface area contributed by atoms with Crippen LogP contribution in [0.1, 0.15) is 23.3 Å². The van der Waals surface area contributed by atoms with Crippen molar-refractivity contribution in [1.29, 1.82) is 0 Å². The molecule has 3 heterocycles. The van der Waals surface area contributed by atoms with E-state index in [0.717, 1.165) is 17.3 Å². The van der Waals surface area contributed by atoms with Gasteiger partial charge in [-0.2, -0.15) is 0 Å². The van der Waals surface area contributed by atoms with Gasteiger partial charge in [-0.05, 0) is 25.0 Å². The molecule has 3 amide bonds. The molecule has 0 N–H and O–H groups in total. The maximum atomic E-state index is 12.7. The molecule has 128 valence electrons. The summed E-state index contributed by atoms with van der Waals surface area (Å²) in [5.41, 5.74) is 1.76. The average Bonchev–Trinajstić information content (AvgIpc) is 2.99. The Kier molecular flexibility index (Phi) is 4.12. The molecule has 8 heteroatoms. The van der Waals surface area contributed by atoms with Crippen molar-refractivity contribution >= 4 is 39.8 Å². The standard InChI is InChI=1S/C17H16N4O3S/c22-15-10-25-17(24)21(15)11-5-7-20(8-6-11)16(23)14-9-18-12-3-1-2-4-13(12)19-14/h1-4,9,11H,5-8,10H2. The fraction of sp³-hybridized carbons (Fsp3) is 0.353. The van der Waals surface area contributed by atoms with Crippen molar-refractivity contribution in [3.8, 4) is 0 Å². The van der Waals surface area contributed by atoms with Crippen LogP contribution in [0, 0.1) is 0 Å². The number of para-hydroxylation sites is 2. The summed E-state index contributed by atoms with van der Waals surface area (Å²) in [5.74, 6) is -0.0599. The van der Waals surface area contributed by atoms with Gasteiger partial charge in [0, 0.05) is 19.1 Å². The van der Waals surface area contributed by atoms with E-state index in [1.807, 2.05) is 24.3 Å². The van der Waals surface area contributed by atoms with Crippen LogP contribution >= 0.6 is 11.8 Å². The van der Waals surface area contributed by atoms with E-state index >= 15 is 0 Å². The number of carbonyl (C=O) groups excluding carboxylic acids is 3. The minimum atomic E-state index is -0.171. The van der Waals surface area contributed by atoms with Crippen molar-refractivity contribution in [3.05, 3.63) is 36.2 Å². The van der Waals surface area contributed by atoms with Crippen molar-refractivity contribution in [1.82, 2.24) is 19.8 Å². The van der Waals surface area contributed by atoms with E-state index in [9.17, 15) is 14.4 Å². The topological polar surface area (TPSA) is 83.5 Å². The number of amides is 3. The molecule has 1 aromatic heterocycles. The van der Waals surface area contributed by atoms with Crippen LogP contribution in [-0.4, -0.2) is 61.7 Å². The highest BCUT2D eigenvalue weighted by Gasteiger charge is 2.38. The van der Waals surface area contributed by atoms with Gasteiger partial charge in [-0.15, -0.1) is 0 Å². The Labute approximate surface area is 148 Å². The maximum absolute atomic E-state index is 12.7. The van der Waals surface area contributed by atoms with E-state index in [-0.39, 0.29) is 28.8 Å². The van der Waals surface area contributed by atoms with Gasteiger partial charge in [0.05, 0.1) is 23.0 Å². The first-order chi connectivity index (χ1) is 12.1. The summed E-state index contributed by atoms with van der Waals surface area (Å²) in [6.45, 7) is 0.999. The van der Waals surface area contributed by atoms with Crippen LogP contribution in [0.2, 0.25) is 0 Å². The molecular weight excluding hydrogens is 340 g/mol. The highest BCUT2D eigenvalue weighted by molar-refractivity contribution is 8.14. The number of imide groups is 1. The number of hydrogen-bond donors (Lipinski definition) is 0. The SMILES string of the molecule is O=C(c1cnc2ccccc2n1)N1CCC(N2C(=O)CSC2=O)CC1. The second-order valence-corrected chi connectivity index (χ2v) is 7.01. The molecule has 0 spiro atoms. The molecule has 1 aromatic carbocycles. The number of thioether (sulfide) groups is 1. The third-order valence-corrected chi connectivity index (χ3v) is 5.40. The van der Waals surface area contributed by atoms with Crippen LogP contribution in [0.5, 0.6) is 0 Å². The predicted octanol–water partition coefficient (Wildman–Crippen LogP) is 1.93. The Morgan fingerprint density at radius 2 is 1.84 bits per heavy atom. The first-order valence-corrected chi connectivity index (χ1v) is 9.12. The smallest absolute Gasteiger partial charge is 0.289 e. The Bertz CT molecular complexity index is 848.